The smallest absolute Gasteiger partial charge is 0.211 e. The molecule has 0 aliphatic rings. The average Bonchev–Trinajstić information content (AvgIpc) is 2.40. The van der Waals surface area contributed by atoms with Crippen LogP contribution in [0.25, 0.3) is 0 Å². The van der Waals surface area contributed by atoms with Crippen molar-refractivity contribution in [3.8, 4) is 6.07 Å². The van der Waals surface area contributed by atoms with Gasteiger partial charge in [0.15, 0.2) is 5.25 Å². The van der Waals surface area contributed by atoms with Crippen LogP contribution in [0.2, 0.25) is 0 Å². The largest absolute Gasteiger partial charge is 0.230 e. The predicted molar refractivity (Wildman–Crippen MR) is 80.7 cm³/mol. The Morgan fingerprint density at radius 2 is 1.95 bits per heavy atom. The molecule has 0 bridgehead atoms. The highest BCUT2D eigenvalue weighted by molar-refractivity contribution is 7.90. The molecule has 1 aromatic carbocycles. The second kappa shape index (κ2) is 6.38. The number of aryl methyl sites for hydroxylation is 2. The monoisotopic (exact) mass is 294 g/mol. The van der Waals surface area contributed by atoms with Crippen LogP contribution < -0.4 is 0 Å². The van der Waals surface area contributed by atoms with E-state index in [9.17, 15) is 8.42 Å². The molecule has 5 heteroatoms. The van der Waals surface area contributed by atoms with E-state index in [2.05, 4.69) is 0 Å². The van der Waals surface area contributed by atoms with Crippen molar-refractivity contribution in [3.05, 3.63) is 34.9 Å². The van der Waals surface area contributed by atoms with Crippen molar-refractivity contribution in [2.75, 3.05) is 7.05 Å². The fraction of sp³-hybridized carbons (Fsp3) is 0.533. The predicted octanol–water partition coefficient (Wildman–Crippen LogP) is 2.93. The van der Waals surface area contributed by atoms with Gasteiger partial charge < -0.3 is 0 Å². The van der Waals surface area contributed by atoms with Gasteiger partial charge in [-0.25, -0.2) is 8.42 Å². The Bertz CT molecular complexity index is 617. The molecule has 4 nitrogen and oxygen atoms in total. The summed E-state index contributed by atoms with van der Waals surface area (Å²) in [5.74, 6) is 0. The lowest BCUT2D eigenvalue weighted by Crippen LogP contribution is -2.37. The fourth-order valence-electron chi connectivity index (χ4n) is 2.20. The Hall–Kier alpha value is -1.38. The van der Waals surface area contributed by atoms with Crippen molar-refractivity contribution in [1.82, 2.24) is 4.31 Å². The summed E-state index contributed by atoms with van der Waals surface area (Å²) >= 11 is 0. The van der Waals surface area contributed by atoms with Gasteiger partial charge in [0.05, 0.1) is 6.07 Å². The SMILES string of the molecule is CCC(C#N)S(=O)(=O)N(C)C(C)c1cc(C)ccc1C. The first-order valence-corrected chi connectivity index (χ1v) is 8.19. The van der Waals surface area contributed by atoms with Crippen LogP contribution in [0.1, 0.15) is 43.0 Å². The maximum absolute atomic E-state index is 12.4. The Kier molecular flexibility index (Phi) is 5.32. The highest BCUT2D eigenvalue weighted by Gasteiger charge is 2.32. The molecule has 0 amide bonds. The zero-order chi connectivity index (χ0) is 15.5. The molecule has 0 aliphatic heterocycles. The van der Waals surface area contributed by atoms with E-state index < -0.39 is 15.3 Å². The second-order valence-corrected chi connectivity index (χ2v) is 7.30. The van der Waals surface area contributed by atoms with Crippen molar-refractivity contribution in [2.24, 2.45) is 0 Å². The molecule has 0 aromatic heterocycles. The van der Waals surface area contributed by atoms with Crippen LogP contribution in [0.15, 0.2) is 18.2 Å². The van der Waals surface area contributed by atoms with E-state index in [0.29, 0.717) is 6.42 Å². The van der Waals surface area contributed by atoms with Gasteiger partial charge in [-0.3, -0.25) is 0 Å². The minimum atomic E-state index is -3.61. The molecule has 2 unspecified atom stereocenters. The summed E-state index contributed by atoms with van der Waals surface area (Å²) in [6.45, 7) is 7.51. The van der Waals surface area contributed by atoms with Crippen LogP contribution in [0.5, 0.6) is 0 Å². The van der Waals surface area contributed by atoms with Crippen LogP contribution in [0.3, 0.4) is 0 Å². The molecule has 0 radical (unpaired) electrons. The number of benzene rings is 1. The summed E-state index contributed by atoms with van der Waals surface area (Å²) in [6.07, 6.45) is 0.294. The molecular weight excluding hydrogens is 272 g/mol. The van der Waals surface area contributed by atoms with Gasteiger partial charge in [0, 0.05) is 13.1 Å². The molecule has 1 aromatic rings. The van der Waals surface area contributed by atoms with Gasteiger partial charge in [-0.15, -0.1) is 0 Å². The first kappa shape index (κ1) is 16.7. The average molecular weight is 294 g/mol. The van der Waals surface area contributed by atoms with Crippen LogP contribution in [-0.4, -0.2) is 25.0 Å². The van der Waals surface area contributed by atoms with Gasteiger partial charge in [0.25, 0.3) is 0 Å². The third-order valence-electron chi connectivity index (χ3n) is 3.71. The van der Waals surface area contributed by atoms with Crippen LogP contribution >= 0.6 is 0 Å². The number of nitriles is 1. The highest BCUT2D eigenvalue weighted by atomic mass is 32.2. The topological polar surface area (TPSA) is 61.2 Å². The summed E-state index contributed by atoms with van der Waals surface area (Å²) in [5, 5.41) is 8.02. The number of rotatable bonds is 5. The Morgan fingerprint density at radius 3 is 2.45 bits per heavy atom. The molecule has 0 heterocycles. The van der Waals surface area contributed by atoms with E-state index in [1.165, 1.54) is 4.31 Å². The van der Waals surface area contributed by atoms with E-state index in [-0.39, 0.29) is 6.04 Å². The number of hydrogen-bond donors (Lipinski definition) is 0. The summed E-state index contributed by atoms with van der Waals surface area (Å²) in [7, 11) is -2.06. The van der Waals surface area contributed by atoms with Gasteiger partial charge in [0.2, 0.25) is 10.0 Å². The van der Waals surface area contributed by atoms with Gasteiger partial charge in [0.1, 0.15) is 0 Å². The third-order valence-corrected chi connectivity index (χ3v) is 5.98. The maximum Gasteiger partial charge on any atom is 0.230 e. The van der Waals surface area contributed by atoms with Crippen LogP contribution in [0, 0.1) is 25.2 Å². The zero-order valence-corrected chi connectivity index (χ0v) is 13.5. The molecule has 110 valence electrons. The second-order valence-electron chi connectivity index (χ2n) is 5.12. The zero-order valence-electron chi connectivity index (χ0n) is 12.7. The number of nitrogens with zero attached hydrogens (tertiary/aromatic N) is 2. The van der Waals surface area contributed by atoms with Gasteiger partial charge >= 0.3 is 0 Å². The quantitative estimate of drug-likeness (QED) is 0.839. The molecule has 0 N–H and O–H groups in total. The minimum absolute atomic E-state index is 0.290. The summed E-state index contributed by atoms with van der Waals surface area (Å²) in [4.78, 5) is 0. The van der Waals surface area contributed by atoms with Crippen LogP contribution in [0.4, 0.5) is 0 Å². The van der Waals surface area contributed by atoms with Crippen molar-refractivity contribution in [2.45, 2.75) is 45.4 Å². The summed E-state index contributed by atoms with van der Waals surface area (Å²) < 4.78 is 26.1. The summed E-state index contributed by atoms with van der Waals surface area (Å²) in [6, 6.07) is 7.58. The van der Waals surface area contributed by atoms with Crippen molar-refractivity contribution >= 4 is 10.0 Å². The molecule has 0 saturated carbocycles. The Morgan fingerprint density at radius 1 is 1.35 bits per heavy atom. The van der Waals surface area contributed by atoms with Crippen molar-refractivity contribution in [3.63, 3.8) is 0 Å². The molecule has 0 aliphatic carbocycles. The normalized spacial score (nSPS) is 14.8. The third kappa shape index (κ3) is 3.20. The molecule has 2 atom stereocenters. The molecule has 20 heavy (non-hydrogen) atoms. The van der Waals surface area contributed by atoms with Gasteiger partial charge in [-0.05, 0) is 38.3 Å². The molecule has 0 saturated heterocycles. The molecule has 0 spiro atoms. The Labute approximate surface area is 122 Å². The first-order valence-electron chi connectivity index (χ1n) is 6.69. The minimum Gasteiger partial charge on any atom is -0.211 e. The van der Waals surface area contributed by atoms with Crippen molar-refractivity contribution < 1.29 is 8.42 Å². The first-order chi connectivity index (χ1) is 9.25. The standard InChI is InChI=1S/C15H22N2O2S/c1-6-14(10-16)20(18,19)17(5)13(4)15-9-11(2)7-8-12(15)3/h7-9,13-14H,6H2,1-5H3. The van der Waals surface area contributed by atoms with Crippen LogP contribution in [-0.2, 0) is 10.0 Å². The molecule has 1 rings (SSSR count). The maximum atomic E-state index is 12.4. The van der Waals surface area contributed by atoms with E-state index in [4.69, 9.17) is 5.26 Å². The van der Waals surface area contributed by atoms with Gasteiger partial charge in [-0.2, -0.15) is 9.57 Å². The highest BCUT2D eigenvalue weighted by Crippen LogP contribution is 2.27. The molecule has 0 fully saturated rings. The number of sulfonamides is 1. The lowest BCUT2D eigenvalue weighted by atomic mass is 10.0. The van der Waals surface area contributed by atoms with E-state index in [1.54, 1.807) is 14.0 Å². The number of hydrogen-bond acceptors (Lipinski definition) is 3. The van der Waals surface area contributed by atoms with Crippen molar-refractivity contribution in [1.29, 1.82) is 5.26 Å². The Balaban J connectivity index is 3.18. The van der Waals surface area contributed by atoms with E-state index >= 15 is 0 Å². The van der Waals surface area contributed by atoms with Gasteiger partial charge in [-0.1, -0.05) is 30.7 Å². The van der Waals surface area contributed by atoms with E-state index in [1.807, 2.05) is 45.0 Å². The fourth-order valence-corrected chi connectivity index (χ4v) is 3.71. The lowest BCUT2D eigenvalue weighted by Gasteiger charge is -2.27. The lowest BCUT2D eigenvalue weighted by molar-refractivity contribution is 0.393. The van der Waals surface area contributed by atoms with E-state index in [0.717, 1.165) is 16.7 Å². The summed E-state index contributed by atoms with van der Waals surface area (Å²) in [5.41, 5.74) is 3.12. The molecular formula is C15H22N2O2S.